The van der Waals surface area contributed by atoms with Crippen LogP contribution in [0.15, 0.2) is 17.1 Å². The zero-order valence-corrected chi connectivity index (χ0v) is 14.1. The average molecular weight is 376 g/mol. The Morgan fingerprint density at radius 3 is 2.60 bits per heavy atom. The van der Waals surface area contributed by atoms with E-state index in [0.717, 1.165) is 18.5 Å². The molecule has 0 saturated heterocycles. The van der Waals surface area contributed by atoms with Crippen LogP contribution in [0, 0.1) is 0 Å². The van der Waals surface area contributed by atoms with Crippen LogP contribution in [0.3, 0.4) is 0 Å². The molecule has 2 rings (SSSR count). The van der Waals surface area contributed by atoms with Gasteiger partial charge in [0.1, 0.15) is 0 Å². The van der Waals surface area contributed by atoms with Gasteiger partial charge >= 0.3 is 6.18 Å². The number of hydrogen-bond donors (Lipinski definition) is 1. The van der Waals surface area contributed by atoms with Crippen LogP contribution in [-0.2, 0) is 13.2 Å². The fourth-order valence-corrected chi connectivity index (χ4v) is 2.07. The summed E-state index contributed by atoms with van der Waals surface area (Å²) in [6.07, 6.45) is -3.52. The summed E-state index contributed by atoms with van der Waals surface area (Å²) in [5.74, 6) is -0.753. The van der Waals surface area contributed by atoms with Crippen LogP contribution < -0.4 is 5.32 Å². The largest absolute Gasteiger partial charge is 0.418 e. The Labute approximate surface area is 145 Å². The second-order valence-corrected chi connectivity index (χ2v) is 5.49. The van der Waals surface area contributed by atoms with Gasteiger partial charge in [0.15, 0.2) is 0 Å². The first-order valence-electron chi connectivity index (χ1n) is 6.75. The van der Waals surface area contributed by atoms with E-state index in [4.69, 9.17) is 11.6 Å². The van der Waals surface area contributed by atoms with Crippen LogP contribution in [0.2, 0.25) is 5.02 Å². The molecular formula is C13H13ClF3N7O. The SMILES string of the molecule is CN(C)/C=N/c1c(C(F)(F)F)ccc(C(=O)Nc2nnnn2C)c1Cl. The van der Waals surface area contributed by atoms with E-state index in [-0.39, 0.29) is 11.5 Å². The molecule has 0 bridgehead atoms. The highest BCUT2D eigenvalue weighted by molar-refractivity contribution is 6.37. The predicted molar refractivity (Wildman–Crippen MR) is 85.0 cm³/mol. The van der Waals surface area contributed by atoms with Crippen molar-refractivity contribution >= 4 is 35.5 Å². The number of tetrazole rings is 1. The number of carbonyl (C=O) groups excluding carboxylic acids is 1. The number of benzene rings is 1. The Morgan fingerprint density at radius 1 is 1.40 bits per heavy atom. The summed E-state index contributed by atoms with van der Waals surface area (Å²) < 4.78 is 40.7. The Balaban J connectivity index is 2.48. The number of halogens is 4. The van der Waals surface area contributed by atoms with E-state index in [0.29, 0.717) is 0 Å². The summed E-state index contributed by atoms with van der Waals surface area (Å²) in [6.45, 7) is 0. The van der Waals surface area contributed by atoms with E-state index in [1.54, 1.807) is 14.1 Å². The molecule has 0 spiro atoms. The van der Waals surface area contributed by atoms with Gasteiger partial charge < -0.3 is 4.90 Å². The van der Waals surface area contributed by atoms with Gasteiger partial charge in [0, 0.05) is 21.1 Å². The van der Waals surface area contributed by atoms with E-state index in [1.807, 2.05) is 0 Å². The van der Waals surface area contributed by atoms with Crippen molar-refractivity contribution in [2.24, 2.45) is 12.0 Å². The minimum Gasteiger partial charge on any atom is -0.369 e. The fraction of sp³-hybridized carbons (Fsp3) is 0.308. The molecule has 0 aliphatic heterocycles. The minimum absolute atomic E-state index is 0.0132. The minimum atomic E-state index is -4.68. The molecule has 134 valence electrons. The molecule has 0 aliphatic carbocycles. The molecule has 8 nitrogen and oxygen atoms in total. The van der Waals surface area contributed by atoms with Gasteiger partial charge in [-0.25, -0.2) is 9.67 Å². The lowest BCUT2D eigenvalue weighted by Crippen LogP contribution is -2.17. The highest BCUT2D eigenvalue weighted by atomic mass is 35.5. The molecule has 0 unspecified atom stereocenters. The smallest absolute Gasteiger partial charge is 0.369 e. The number of anilines is 1. The van der Waals surface area contributed by atoms with E-state index in [9.17, 15) is 18.0 Å². The molecule has 1 amide bonds. The summed E-state index contributed by atoms with van der Waals surface area (Å²) in [6, 6.07) is 1.72. The van der Waals surface area contributed by atoms with Gasteiger partial charge in [0.2, 0.25) is 5.95 Å². The average Bonchev–Trinajstić information content (AvgIpc) is 2.89. The maximum atomic E-state index is 13.2. The third-order valence-corrected chi connectivity index (χ3v) is 3.31. The van der Waals surface area contributed by atoms with Crippen LogP contribution in [0.4, 0.5) is 24.8 Å². The first-order valence-corrected chi connectivity index (χ1v) is 7.13. The third kappa shape index (κ3) is 4.24. The van der Waals surface area contributed by atoms with Crippen LogP contribution in [0.1, 0.15) is 15.9 Å². The van der Waals surface area contributed by atoms with Gasteiger partial charge in [-0.15, -0.1) is 0 Å². The van der Waals surface area contributed by atoms with Crippen LogP contribution in [0.5, 0.6) is 0 Å². The maximum absolute atomic E-state index is 13.2. The first kappa shape index (κ1) is 18.6. The molecule has 0 saturated carbocycles. The number of aliphatic imine (C=N–C) groups is 1. The Hall–Kier alpha value is -2.69. The van der Waals surface area contributed by atoms with Gasteiger partial charge in [0.05, 0.1) is 28.2 Å². The van der Waals surface area contributed by atoms with Crippen molar-refractivity contribution in [1.29, 1.82) is 0 Å². The standard InChI is InChI=1S/C13H13ClF3N7O/c1-23(2)6-18-10-8(13(15,16)17)5-4-7(9(10)14)11(25)19-12-20-21-22-24(12)3/h4-6H,1-3H3,(H,19,20,22,25)/b18-6+. The second-order valence-electron chi connectivity index (χ2n) is 5.11. The van der Waals surface area contributed by atoms with Gasteiger partial charge in [-0.2, -0.15) is 13.2 Å². The number of alkyl halides is 3. The van der Waals surface area contributed by atoms with Gasteiger partial charge in [-0.3, -0.25) is 10.1 Å². The fourth-order valence-electron chi connectivity index (χ4n) is 1.77. The Bertz CT molecular complexity index is 816. The Kier molecular flexibility index (Phi) is 5.26. The molecule has 1 aromatic heterocycles. The van der Waals surface area contributed by atoms with Gasteiger partial charge in [0.25, 0.3) is 5.91 Å². The molecule has 0 radical (unpaired) electrons. The van der Waals surface area contributed by atoms with Crippen molar-refractivity contribution < 1.29 is 18.0 Å². The lowest BCUT2D eigenvalue weighted by Gasteiger charge is -2.14. The van der Waals surface area contributed by atoms with Crippen molar-refractivity contribution in [2.75, 3.05) is 19.4 Å². The van der Waals surface area contributed by atoms with Crippen molar-refractivity contribution in [3.63, 3.8) is 0 Å². The summed E-state index contributed by atoms with van der Waals surface area (Å²) in [7, 11) is 4.65. The molecule has 1 heterocycles. The number of nitrogens with one attached hydrogen (secondary N) is 1. The third-order valence-electron chi connectivity index (χ3n) is 2.93. The van der Waals surface area contributed by atoms with Crippen molar-refractivity contribution in [1.82, 2.24) is 25.1 Å². The molecule has 12 heteroatoms. The maximum Gasteiger partial charge on any atom is 0.418 e. The highest BCUT2D eigenvalue weighted by Crippen LogP contribution is 2.41. The van der Waals surface area contributed by atoms with E-state index in [1.165, 1.54) is 16.6 Å². The predicted octanol–water partition coefficient (Wildman–Crippen LogP) is 2.36. The Morgan fingerprint density at radius 2 is 2.08 bits per heavy atom. The number of hydrogen-bond acceptors (Lipinski definition) is 5. The lowest BCUT2D eigenvalue weighted by atomic mass is 10.1. The summed E-state index contributed by atoms with van der Waals surface area (Å²) in [4.78, 5) is 17.5. The molecule has 0 atom stereocenters. The quantitative estimate of drug-likeness (QED) is 0.654. The summed E-state index contributed by atoms with van der Waals surface area (Å²) >= 11 is 6.03. The number of aryl methyl sites for hydroxylation is 1. The lowest BCUT2D eigenvalue weighted by molar-refractivity contribution is -0.137. The topological polar surface area (TPSA) is 88.3 Å². The number of amides is 1. The number of aromatic nitrogens is 4. The summed E-state index contributed by atoms with van der Waals surface area (Å²) in [5, 5.41) is 12.4. The first-order chi connectivity index (χ1) is 11.6. The highest BCUT2D eigenvalue weighted by Gasteiger charge is 2.35. The van der Waals surface area contributed by atoms with Crippen LogP contribution in [-0.4, -0.2) is 51.4 Å². The number of rotatable bonds is 4. The zero-order chi connectivity index (χ0) is 18.8. The summed E-state index contributed by atoms with van der Waals surface area (Å²) in [5.41, 5.74) is -1.79. The number of carbonyl (C=O) groups is 1. The molecule has 0 aliphatic rings. The van der Waals surface area contributed by atoms with E-state index in [2.05, 4.69) is 25.8 Å². The molecular weight excluding hydrogens is 363 g/mol. The van der Waals surface area contributed by atoms with Crippen LogP contribution >= 0.6 is 11.6 Å². The monoisotopic (exact) mass is 375 g/mol. The van der Waals surface area contributed by atoms with Gasteiger partial charge in [-0.05, 0) is 22.6 Å². The second kappa shape index (κ2) is 7.05. The van der Waals surface area contributed by atoms with Crippen molar-refractivity contribution in [3.05, 3.63) is 28.3 Å². The van der Waals surface area contributed by atoms with E-state index < -0.39 is 28.4 Å². The van der Waals surface area contributed by atoms with E-state index >= 15 is 0 Å². The molecule has 1 N–H and O–H groups in total. The van der Waals surface area contributed by atoms with Crippen LogP contribution in [0.25, 0.3) is 0 Å². The molecule has 2 aromatic rings. The molecule has 25 heavy (non-hydrogen) atoms. The zero-order valence-electron chi connectivity index (χ0n) is 13.3. The molecule has 0 fully saturated rings. The van der Waals surface area contributed by atoms with Crippen molar-refractivity contribution in [2.45, 2.75) is 6.18 Å². The van der Waals surface area contributed by atoms with Gasteiger partial charge in [-0.1, -0.05) is 16.7 Å². The normalized spacial score (nSPS) is 11.8. The number of nitrogens with zero attached hydrogens (tertiary/aromatic N) is 6. The van der Waals surface area contributed by atoms with Crippen molar-refractivity contribution in [3.8, 4) is 0 Å². The molecule has 1 aromatic carbocycles.